The Morgan fingerprint density at radius 1 is 1.67 bits per heavy atom. The summed E-state index contributed by atoms with van der Waals surface area (Å²) in [7, 11) is 0. The molecule has 0 unspecified atom stereocenters. The molecule has 1 amide bonds. The van der Waals surface area contributed by atoms with Gasteiger partial charge in [0.05, 0.1) is 6.54 Å². The third kappa shape index (κ3) is 1.91. The molecule has 0 aromatic heterocycles. The molecule has 12 heavy (non-hydrogen) atoms. The van der Waals surface area contributed by atoms with Crippen LogP contribution in [0.3, 0.4) is 0 Å². The minimum atomic E-state index is -2.75. The van der Waals surface area contributed by atoms with Crippen molar-refractivity contribution in [2.75, 3.05) is 19.6 Å². The molecule has 1 saturated heterocycles. The van der Waals surface area contributed by atoms with Crippen LogP contribution in [0, 0.1) is 6.57 Å². The number of carbonyl (C=O) groups excluding carboxylic acids is 1. The summed E-state index contributed by atoms with van der Waals surface area (Å²) in [5.41, 5.74) is 0. The summed E-state index contributed by atoms with van der Waals surface area (Å²) in [6.45, 7) is 5.61. The molecule has 0 N–H and O–H groups in total. The van der Waals surface area contributed by atoms with E-state index >= 15 is 0 Å². The van der Waals surface area contributed by atoms with Crippen molar-refractivity contribution < 1.29 is 13.6 Å². The molecule has 1 aliphatic rings. The van der Waals surface area contributed by atoms with E-state index in [1.54, 1.807) is 0 Å². The number of likely N-dealkylation sites (tertiary alicyclic amines) is 1. The molecule has 0 saturated carbocycles. The zero-order valence-electron chi connectivity index (χ0n) is 6.39. The molecule has 66 valence electrons. The maximum atomic E-state index is 12.5. The Morgan fingerprint density at radius 3 is 2.75 bits per heavy atom. The summed E-state index contributed by atoms with van der Waals surface area (Å²) < 4.78 is 25.0. The summed E-state index contributed by atoms with van der Waals surface area (Å²) in [5.74, 6) is -3.25. The molecule has 0 aromatic carbocycles. The summed E-state index contributed by atoms with van der Waals surface area (Å²) >= 11 is 0. The van der Waals surface area contributed by atoms with Gasteiger partial charge in [-0.3, -0.25) is 4.79 Å². The first kappa shape index (κ1) is 8.91. The largest absolute Gasteiger partial charge is 0.330 e. The first-order chi connectivity index (χ1) is 5.55. The van der Waals surface area contributed by atoms with E-state index in [0.29, 0.717) is 0 Å². The van der Waals surface area contributed by atoms with Gasteiger partial charge in [0.25, 0.3) is 12.5 Å². The van der Waals surface area contributed by atoms with Gasteiger partial charge in [0, 0.05) is 13.0 Å². The second-order valence-corrected chi connectivity index (χ2v) is 2.74. The smallest absolute Gasteiger partial charge is 0.302 e. The highest BCUT2D eigenvalue weighted by Crippen LogP contribution is 2.26. The van der Waals surface area contributed by atoms with E-state index in [4.69, 9.17) is 6.57 Å². The van der Waals surface area contributed by atoms with Crippen LogP contribution in [0.25, 0.3) is 4.85 Å². The van der Waals surface area contributed by atoms with Gasteiger partial charge in [-0.2, -0.15) is 0 Å². The quantitative estimate of drug-likeness (QED) is 0.539. The number of halogens is 2. The van der Waals surface area contributed by atoms with Crippen molar-refractivity contribution in [3.8, 4) is 0 Å². The number of carbonyl (C=O) groups is 1. The minimum Gasteiger partial charge on any atom is -0.330 e. The number of hydrogen-bond acceptors (Lipinski definition) is 1. The average molecular weight is 174 g/mol. The fraction of sp³-hybridized carbons (Fsp3) is 0.714. The van der Waals surface area contributed by atoms with Gasteiger partial charge in [-0.1, -0.05) is 0 Å². The molecule has 1 rings (SSSR count). The second kappa shape index (κ2) is 3.05. The summed E-state index contributed by atoms with van der Waals surface area (Å²) in [5, 5.41) is 0. The van der Waals surface area contributed by atoms with Crippen LogP contribution in [0.5, 0.6) is 0 Å². The zero-order valence-corrected chi connectivity index (χ0v) is 6.39. The van der Waals surface area contributed by atoms with Gasteiger partial charge in [0.2, 0.25) is 0 Å². The third-order valence-corrected chi connectivity index (χ3v) is 1.74. The van der Waals surface area contributed by atoms with E-state index < -0.39 is 18.4 Å². The molecule has 3 nitrogen and oxygen atoms in total. The molecule has 1 aliphatic heterocycles. The molecule has 1 heterocycles. The van der Waals surface area contributed by atoms with E-state index in [2.05, 4.69) is 4.85 Å². The van der Waals surface area contributed by atoms with Crippen LogP contribution in [-0.2, 0) is 4.79 Å². The van der Waals surface area contributed by atoms with Gasteiger partial charge >= 0.3 is 5.91 Å². The lowest BCUT2D eigenvalue weighted by atomic mass is 10.3. The number of hydrogen-bond donors (Lipinski definition) is 0. The van der Waals surface area contributed by atoms with Crippen molar-refractivity contribution in [1.82, 2.24) is 4.90 Å². The monoisotopic (exact) mass is 174 g/mol. The Bertz CT molecular complexity index is 234. The van der Waals surface area contributed by atoms with E-state index in [1.807, 2.05) is 0 Å². The van der Waals surface area contributed by atoms with Crippen LogP contribution in [0.4, 0.5) is 8.78 Å². The number of rotatable bonds is 1. The van der Waals surface area contributed by atoms with Crippen LogP contribution in [0.2, 0.25) is 0 Å². The van der Waals surface area contributed by atoms with Crippen molar-refractivity contribution in [3.05, 3.63) is 11.4 Å². The average Bonchev–Trinajstić information content (AvgIpc) is 2.31. The van der Waals surface area contributed by atoms with Gasteiger partial charge in [0.15, 0.2) is 0 Å². The fourth-order valence-electron chi connectivity index (χ4n) is 1.12. The van der Waals surface area contributed by atoms with Crippen molar-refractivity contribution in [3.63, 3.8) is 0 Å². The Kier molecular flexibility index (Phi) is 2.27. The number of nitrogens with zero attached hydrogens (tertiary/aromatic N) is 2. The summed E-state index contributed by atoms with van der Waals surface area (Å²) in [4.78, 5) is 14.8. The van der Waals surface area contributed by atoms with Gasteiger partial charge in [-0.15, -0.1) is 0 Å². The molecule has 0 spiro atoms. The minimum absolute atomic E-state index is 0.0708. The Hall–Kier alpha value is -1.18. The van der Waals surface area contributed by atoms with E-state index in [0.717, 1.165) is 4.90 Å². The molecule has 0 radical (unpaired) electrons. The molecule has 0 aliphatic carbocycles. The molecule has 0 aromatic rings. The maximum Gasteiger partial charge on any atom is 0.302 e. The molecule has 0 bridgehead atoms. The van der Waals surface area contributed by atoms with Gasteiger partial charge in [0.1, 0.15) is 0 Å². The van der Waals surface area contributed by atoms with Crippen LogP contribution >= 0.6 is 0 Å². The number of alkyl halides is 2. The zero-order chi connectivity index (χ0) is 9.19. The van der Waals surface area contributed by atoms with Crippen molar-refractivity contribution >= 4 is 5.91 Å². The van der Waals surface area contributed by atoms with Crippen molar-refractivity contribution in [2.24, 2.45) is 0 Å². The molecular weight excluding hydrogens is 166 g/mol. The van der Waals surface area contributed by atoms with Crippen LogP contribution in [-0.4, -0.2) is 36.4 Å². The van der Waals surface area contributed by atoms with Crippen LogP contribution in [0.1, 0.15) is 6.42 Å². The van der Waals surface area contributed by atoms with Crippen LogP contribution < -0.4 is 0 Å². The van der Waals surface area contributed by atoms with Crippen LogP contribution in [0.15, 0.2) is 0 Å². The molecule has 5 heteroatoms. The third-order valence-electron chi connectivity index (χ3n) is 1.74. The highest BCUT2D eigenvalue weighted by molar-refractivity contribution is 5.80. The topological polar surface area (TPSA) is 24.7 Å². The van der Waals surface area contributed by atoms with Crippen molar-refractivity contribution in [1.29, 1.82) is 0 Å². The first-order valence-electron chi connectivity index (χ1n) is 3.54. The summed E-state index contributed by atoms with van der Waals surface area (Å²) in [6, 6.07) is 0. The predicted molar refractivity (Wildman–Crippen MR) is 37.6 cm³/mol. The van der Waals surface area contributed by atoms with Gasteiger partial charge in [-0.05, 0) is 0 Å². The molecular formula is C7H8F2N2O. The molecule has 1 fully saturated rings. The highest BCUT2D eigenvalue weighted by atomic mass is 19.3. The van der Waals surface area contributed by atoms with E-state index in [1.165, 1.54) is 0 Å². The van der Waals surface area contributed by atoms with E-state index in [9.17, 15) is 13.6 Å². The van der Waals surface area contributed by atoms with Gasteiger partial charge < -0.3 is 9.74 Å². The van der Waals surface area contributed by atoms with Crippen molar-refractivity contribution in [2.45, 2.75) is 12.3 Å². The Labute approximate surface area is 68.8 Å². The Morgan fingerprint density at radius 2 is 2.33 bits per heavy atom. The first-order valence-corrected chi connectivity index (χ1v) is 3.54. The molecule has 0 atom stereocenters. The van der Waals surface area contributed by atoms with E-state index in [-0.39, 0.29) is 19.5 Å². The van der Waals surface area contributed by atoms with Gasteiger partial charge in [-0.25, -0.2) is 15.4 Å². The number of amides is 1. The fourth-order valence-corrected chi connectivity index (χ4v) is 1.12. The lowest BCUT2D eigenvalue weighted by Gasteiger charge is -2.12. The standard InChI is InChI=1S/C7H8F2N2O/c1-10-4-6(12)11-3-2-7(8,9)5-11/h2-5H2. The summed E-state index contributed by atoms with van der Waals surface area (Å²) in [6.07, 6.45) is -0.281. The highest BCUT2D eigenvalue weighted by Gasteiger charge is 2.40. The normalized spacial score (nSPS) is 20.6. The maximum absolute atomic E-state index is 12.5. The second-order valence-electron chi connectivity index (χ2n) is 2.74. The predicted octanol–water partition coefficient (Wildman–Crippen LogP) is 0.773. The SMILES string of the molecule is [C-]#[N+]CC(=O)N1CCC(F)(F)C1. The lowest BCUT2D eigenvalue weighted by Crippen LogP contribution is -2.32. The lowest BCUT2D eigenvalue weighted by molar-refractivity contribution is -0.129. The Balaban J connectivity index is 2.48.